The summed E-state index contributed by atoms with van der Waals surface area (Å²) in [4.78, 5) is 20.7. The molecule has 1 aliphatic heterocycles. The molecule has 1 aliphatic rings. The maximum Gasteiger partial charge on any atom is 0.221 e. The molecule has 2 N–H and O–H groups in total. The van der Waals surface area contributed by atoms with E-state index in [4.69, 9.17) is 0 Å². The summed E-state index contributed by atoms with van der Waals surface area (Å²) in [5.41, 5.74) is 3.80. The van der Waals surface area contributed by atoms with Gasteiger partial charge in [0.15, 0.2) is 5.82 Å². The quantitative estimate of drug-likeness (QED) is 0.714. The highest BCUT2D eigenvalue weighted by molar-refractivity contribution is 5.90. The fourth-order valence-corrected chi connectivity index (χ4v) is 3.72. The number of hydrogen-bond acceptors (Lipinski definition) is 5. The summed E-state index contributed by atoms with van der Waals surface area (Å²) in [5.74, 6) is 0.987. The van der Waals surface area contributed by atoms with E-state index in [1.807, 2.05) is 25.1 Å². The van der Waals surface area contributed by atoms with E-state index in [1.165, 1.54) is 12.3 Å². The van der Waals surface area contributed by atoms with Gasteiger partial charge in [0.05, 0.1) is 16.9 Å². The van der Waals surface area contributed by atoms with Gasteiger partial charge in [-0.05, 0) is 31.2 Å². The highest BCUT2D eigenvalue weighted by atomic mass is 16.1. The first-order valence-electron chi connectivity index (χ1n) is 9.74. The highest BCUT2D eigenvalue weighted by Crippen LogP contribution is 2.24. The third-order valence-electron chi connectivity index (χ3n) is 5.26. The predicted octanol–water partition coefficient (Wildman–Crippen LogP) is 2.59. The summed E-state index contributed by atoms with van der Waals surface area (Å²) < 4.78 is 0. The number of hydrogen-bond donors (Lipinski definition) is 2. The number of anilines is 2. The van der Waals surface area contributed by atoms with Crippen molar-refractivity contribution in [3.05, 3.63) is 47.8 Å². The molecule has 1 saturated heterocycles. The first kappa shape index (κ1) is 18.4. The standard InChI is InChI=1S/C21H26N6O/c1-15-19(23-16(2)28)8-7-17(22-15)9-10-26-11-13-27(14-12-26)21-18-5-3-4-6-20(18)24-25-21/h3-8H,9-14H2,1-2H3,(H,23,28)(H,24,25). The number of aryl methyl sites for hydroxylation is 1. The van der Waals surface area contributed by atoms with Crippen molar-refractivity contribution in [3.8, 4) is 0 Å². The van der Waals surface area contributed by atoms with Crippen molar-refractivity contribution in [1.82, 2.24) is 20.1 Å². The Morgan fingerprint density at radius 2 is 1.93 bits per heavy atom. The lowest BCUT2D eigenvalue weighted by molar-refractivity contribution is -0.114. The SMILES string of the molecule is CC(=O)Nc1ccc(CCN2CCN(c3n[nH]c4ccccc34)CC2)nc1C. The second-order valence-electron chi connectivity index (χ2n) is 7.29. The smallest absolute Gasteiger partial charge is 0.221 e. The molecule has 4 rings (SSSR count). The molecule has 3 heterocycles. The second kappa shape index (κ2) is 7.98. The van der Waals surface area contributed by atoms with Crippen LogP contribution in [0.3, 0.4) is 0 Å². The number of piperazine rings is 1. The first-order valence-corrected chi connectivity index (χ1v) is 9.74. The number of nitrogens with one attached hydrogen (secondary N) is 2. The fraction of sp³-hybridized carbons (Fsp3) is 0.381. The first-order chi connectivity index (χ1) is 13.6. The molecule has 1 aromatic carbocycles. The molecule has 0 spiro atoms. The van der Waals surface area contributed by atoms with Gasteiger partial charge in [-0.1, -0.05) is 12.1 Å². The van der Waals surface area contributed by atoms with Crippen molar-refractivity contribution in [3.63, 3.8) is 0 Å². The zero-order valence-corrected chi connectivity index (χ0v) is 16.4. The van der Waals surface area contributed by atoms with E-state index >= 15 is 0 Å². The lowest BCUT2D eigenvalue weighted by Crippen LogP contribution is -2.47. The van der Waals surface area contributed by atoms with E-state index in [0.29, 0.717) is 0 Å². The molecule has 146 valence electrons. The number of nitrogens with zero attached hydrogens (tertiary/aromatic N) is 4. The third kappa shape index (κ3) is 3.99. The molecule has 0 aliphatic carbocycles. The number of H-pyrrole nitrogens is 1. The van der Waals surface area contributed by atoms with Gasteiger partial charge >= 0.3 is 0 Å². The van der Waals surface area contributed by atoms with Crippen LogP contribution in [0.5, 0.6) is 0 Å². The molecule has 0 bridgehead atoms. The molecule has 3 aromatic rings. The van der Waals surface area contributed by atoms with Crippen molar-refractivity contribution in [2.75, 3.05) is 42.9 Å². The maximum absolute atomic E-state index is 11.2. The van der Waals surface area contributed by atoms with Crippen LogP contribution in [0.15, 0.2) is 36.4 Å². The van der Waals surface area contributed by atoms with Crippen LogP contribution in [0.2, 0.25) is 0 Å². The van der Waals surface area contributed by atoms with Gasteiger partial charge in [0.1, 0.15) is 0 Å². The zero-order valence-electron chi connectivity index (χ0n) is 16.4. The monoisotopic (exact) mass is 378 g/mol. The number of amides is 1. The van der Waals surface area contributed by atoms with Gasteiger partial charge in [0, 0.05) is 57.1 Å². The Morgan fingerprint density at radius 3 is 2.68 bits per heavy atom. The second-order valence-corrected chi connectivity index (χ2v) is 7.29. The summed E-state index contributed by atoms with van der Waals surface area (Å²) in [7, 11) is 0. The van der Waals surface area contributed by atoms with Gasteiger partial charge < -0.3 is 10.2 Å². The van der Waals surface area contributed by atoms with E-state index in [-0.39, 0.29) is 5.91 Å². The number of fused-ring (bicyclic) bond motifs is 1. The number of para-hydroxylation sites is 1. The Labute approximate surface area is 164 Å². The number of carbonyl (C=O) groups is 1. The van der Waals surface area contributed by atoms with E-state index < -0.39 is 0 Å². The van der Waals surface area contributed by atoms with E-state index in [1.54, 1.807) is 0 Å². The van der Waals surface area contributed by atoms with Crippen LogP contribution in [0.1, 0.15) is 18.3 Å². The van der Waals surface area contributed by atoms with Crippen molar-refractivity contribution < 1.29 is 4.79 Å². The Balaban J connectivity index is 1.31. The van der Waals surface area contributed by atoms with E-state index in [2.05, 4.69) is 48.5 Å². The van der Waals surface area contributed by atoms with Crippen LogP contribution in [0.25, 0.3) is 10.9 Å². The summed E-state index contributed by atoms with van der Waals surface area (Å²) in [5, 5.41) is 11.6. The molecule has 0 saturated carbocycles. The minimum atomic E-state index is -0.0692. The predicted molar refractivity (Wildman–Crippen MR) is 112 cm³/mol. The maximum atomic E-state index is 11.2. The number of rotatable bonds is 5. The van der Waals surface area contributed by atoms with Gasteiger partial charge in [-0.3, -0.25) is 19.8 Å². The molecule has 7 nitrogen and oxygen atoms in total. The van der Waals surface area contributed by atoms with Crippen LogP contribution < -0.4 is 10.2 Å². The fourth-order valence-electron chi connectivity index (χ4n) is 3.72. The Morgan fingerprint density at radius 1 is 1.14 bits per heavy atom. The molecule has 1 fully saturated rings. The Hall–Kier alpha value is -2.93. The number of pyridine rings is 1. The highest BCUT2D eigenvalue weighted by Gasteiger charge is 2.20. The van der Waals surface area contributed by atoms with Crippen LogP contribution in [-0.4, -0.2) is 58.7 Å². The minimum Gasteiger partial charge on any atom is -0.352 e. The summed E-state index contributed by atoms with van der Waals surface area (Å²) in [6, 6.07) is 12.2. The molecular formula is C21H26N6O. The van der Waals surface area contributed by atoms with E-state index in [9.17, 15) is 4.79 Å². The molecule has 0 atom stereocenters. The topological polar surface area (TPSA) is 77.2 Å². The number of aromatic nitrogens is 3. The van der Waals surface area contributed by atoms with Gasteiger partial charge in [0.2, 0.25) is 5.91 Å². The largest absolute Gasteiger partial charge is 0.352 e. The van der Waals surface area contributed by atoms with Crippen LogP contribution >= 0.6 is 0 Å². The van der Waals surface area contributed by atoms with Crippen LogP contribution in [0.4, 0.5) is 11.5 Å². The van der Waals surface area contributed by atoms with Gasteiger partial charge in [0.25, 0.3) is 0 Å². The van der Waals surface area contributed by atoms with Crippen molar-refractivity contribution in [2.24, 2.45) is 0 Å². The number of carbonyl (C=O) groups excluding carboxylic acids is 1. The van der Waals surface area contributed by atoms with Gasteiger partial charge in [-0.25, -0.2) is 0 Å². The molecule has 28 heavy (non-hydrogen) atoms. The molecule has 7 heteroatoms. The van der Waals surface area contributed by atoms with E-state index in [0.717, 1.165) is 67.6 Å². The van der Waals surface area contributed by atoms with Crippen molar-refractivity contribution >= 4 is 28.3 Å². The third-order valence-corrected chi connectivity index (χ3v) is 5.26. The Kier molecular flexibility index (Phi) is 5.25. The average molecular weight is 378 g/mol. The summed E-state index contributed by atoms with van der Waals surface area (Å²) >= 11 is 0. The lowest BCUT2D eigenvalue weighted by atomic mass is 10.2. The average Bonchev–Trinajstić information content (AvgIpc) is 3.12. The normalized spacial score (nSPS) is 15.1. The minimum absolute atomic E-state index is 0.0692. The molecular weight excluding hydrogens is 352 g/mol. The zero-order chi connectivity index (χ0) is 19.5. The molecule has 1 amide bonds. The van der Waals surface area contributed by atoms with Crippen molar-refractivity contribution in [1.29, 1.82) is 0 Å². The Bertz CT molecular complexity index is 974. The summed E-state index contributed by atoms with van der Waals surface area (Å²) in [6.07, 6.45) is 0.909. The number of benzene rings is 1. The van der Waals surface area contributed by atoms with Gasteiger partial charge in [-0.15, -0.1) is 0 Å². The molecule has 0 unspecified atom stereocenters. The lowest BCUT2D eigenvalue weighted by Gasteiger charge is -2.35. The summed E-state index contributed by atoms with van der Waals surface area (Å²) in [6.45, 7) is 8.42. The van der Waals surface area contributed by atoms with Crippen molar-refractivity contribution in [2.45, 2.75) is 20.3 Å². The number of aromatic amines is 1. The van der Waals surface area contributed by atoms with Crippen LogP contribution in [-0.2, 0) is 11.2 Å². The van der Waals surface area contributed by atoms with Gasteiger partial charge in [-0.2, -0.15) is 5.10 Å². The molecule has 2 aromatic heterocycles. The van der Waals surface area contributed by atoms with Crippen LogP contribution in [0, 0.1) is 6.92 Å². The molecule has 0 radical (unpaired) electrons.